The quantitative estimate of drug-likeness (QED) is 0.0188. The zero-order valence-corrected chi connectivity index (χ0v) is 47.4. The molecule has 3 unspecified atom stereocenters. The number of phosphoric acid groups is 1. The van der Waals surface area contributed by atoms with Crippen molar-refractivity contribution in [2.45, 2.75) is 75.5 Å². The second-order valence-corrected chi connectivity index (χ2v) is 25.8. The number of unbranched alkanes of at least 4 members (excludes halogenated alkanes) is 2. The summed E-state index contributed by atoms with van der Waals surface area (Å²) >= 11 is 6.52. The molecule has 6 aliphatic rings. The van der Waals surface area contributed by atoms with Gasteiger partial charge in [-0.3, -0.25) is 38.7 Å². The molecule has 7 amide bonds. The Balaban J connectivity index is 0.699. The van der Waals surface area contributed by atoms with Crippen molar-refractivity contribution in [1.82, 2.24) is 20.0 Å². The maximum Gasteiger partial charge on any atom is 0.524 e. The van der Waals surface area contributed by atoms with E-state index in [9.17, 15) is 57.8 Å². The smallest absolute Gasteiger partial charge is 0.480 e. The van der Waals surface area contributed by atoms with E-state index in [1.807, 2.05) is 36.4 Å². The number of likely N-dealkylation sites (N-methyl/N-ethyl adjacent to an activating group) is 2. The molecule has 0 saturated heterocycles. The Morgan fingerprint density at radius 2 is 1.44 bits per heavy atom. The Morgan fingerprint density at radius 3 is 2.08 bits per heavy atom. The lowest BCUT2D eigenvalue weighted by Gasteiger charge is -2.37. The molecule has 0 aromatic heterocycles. The maximum atomic E-state index is 14.8. The number of ether oxygens (including phenoxy) is 2. The number of halogens is 1. The van der Waals surface area contributed by atoms with Crippen LogP contribution in [-0.4, -0.2) is 154 Å². The van der Waals surface area contributed by atoms with Gasteiger partial charge >= 0.3 is 26.0 Å². The van der Waals surface area contributed by atoms with Crippen LogP contribution in [0.3, 0.4) is 0 Å². The molecule has 3 saturated carbocycles. The van der Waals surface area contributed by atoms with Crippen LogP contribution in [0.1, 0.15) is 68.9 Å². The number of fused-ring (bicyclic) bond motifs is 6. The van der Waals surface area contributed by atoms with E-state index in [1.54, 1.807) is 34.9 Å². The van der Waals surface area contributed by atoms with Gasteiger partial charge < -0.3 is 44.0 Å². The minimum atomic E-state index is -4.96. The van der Waals surface area contributed by atoms with Gasteiger partial charge in [-0.1, -0.05) is 76.5 Å². The molecule has 80 heavy (non-hydrogen) atoms. The van der Waals surface area contributed by atoms with Crippen LogP contribution in [0.15, 0.2) is 72.8 Å². The number of aliphatic carboxylic acids is 1. The van der Waals surface area contributed by atoms with Crippen molar-refractivity contribution in [2.24, 2.45) is 16.2 Å². The van der Waals surface area contributed by atoms with Crippen molar-refractivity contribution >= 4 is 122 Å². The highest BCUT2D eigenvalue weighted by Crippen LogP contribution is 3.01. The summed E-state index contributed by atoms with van der Waals surface area (Å²) in [6.45, 7) is 2.92. The van der Waals surface area contributed by atoms with Crippen LogP contribution < -0.4 is 24.4 Å². The van der Waals surface area contributed by atoms with Gasteiger partial charge in [0, 0.05) is 117 Å². The number of benzene rings is 4. The number of imide groups is 1. The molecule has 3 aliphatic heterocycles. The monoisotopic (exact) mass is 1170 g/mol. The van der Waals surface area contributed by atoms with Crippen molar-refractivity contribution in [2.75, 3.05) is 74.9 Å². The largest absolute Gasteiger partial charge is 0.524 e. The fourth-order valence-corrected chi connectivity index (χ4v) is 15.4. The van der Waals surface area contributed by atoms with Gasteiger partial charge in [-0.25, -0.2) is 18.9 Å². The Hall–Kier alpha value is -6.36. The van der Waals surface area contributed by atoms with E-state index in [-0.39, 0.29) is 97.1 Å². The van der Waals surface area contributed by atoms with Gasteiger partial charge in [0.05, 0.1) is 22.2 Å². The SMILES string of the molecule is C[C@H](COC(=O)N(C)CCN(C)C(=O)Oc1cc2c(c3ccccc13)CCN2C(=O)C12CC3(C(=O)N4C[C@@H](CCl)c5c4cc(OP(=O)(O)O)c4ccccc54)CC13C2)SSC[C@H](NC(=O)CCCCCN1C(=O)C=CC1=O)C(=O)O. The molecule has 10 rings (SSSR count). The molecule has 3 heterocycles. The van der Waals surface area contributed by atoms with Crippen molar-refractivity contribution in [3.63, 3.8) is 0 Å². The topological polar surface area (TPSA) is 270 Å². The van der Waals surface area contributed by atoms with Crippen LogP contribution in [0.4, 0.5) is 21.0 Å². The van der Waals surface area contributed by atoms with Crippen LogP contribution in [0, 0.1) is 16.2 Å². The molecular formula is C55H60ClN6O15PS2. The van der Waals surface area contributed by atoms with Crippen LogP contribution in [0.2, 0.25) is 0 Å². The number of carbonyl (C=O) groups excluding carboxylic acids is 7. The molecule has 21 nitrogen and oxygen atoms in total. The second-order valence-electron chi connectivity index (χ2n) is 21.5. The number of hydrogen-bond donors (Lipinski definition) is 4. The standard InChI is InChI=1S/C55H60ClN6O15PS2/c1-32(80-79-28-39(48(66)67)57-44(63)15-5-4-10-19-61-45(64)16-17-46(61)65)27-75-51(70)58(2)21-22-59(3)52(71)76-42-23-40-35(34-11-6-7-12-36(34)42)18-20-60(40)49(68)53-29-54(31-55(53,54)30-53)50(69)62-26-33(25-56)47-38-14-9-8-13-37(38)43(24-41(47)62)77-78(72,73)74/h6-9,11-14,16-17,23-24,32-33,39H,4-5,10,15,18-22,25-31H2,1-3H3,(H,57,63)(H,66,67)(H2,72,73,74)/t32-,33-,39+,53?,54?,55?/m1/s1. The van der Waals surface area contributed by atoms with Gasteiger partial charge in [0.15, 0.2) is 0 Å². The van der Waals surface area contributed by atoms with Gasteiger partial charge in [0.1, 0.15) is 24.1 Å². The van der Waals surface area contributed by atoms with Crippen LogP contribution in [0.25, 0.3) is 21.5 Å². The zero-order chi connectivity index (χ0) is 57.1. The van der Waals surface area contributed by atoms with Crippen LogP contribution in [0.5, 0.6) is 11.5 Å². The minimum Gasteiger partial charge on any atom is -0.480 e. The average molecular weight is 1180 g/mol. The van der Waals surface area contributed by atoms with Gasteiger partial charge in [0.2, 0.25) is 17.7 Å². The minimum absolute atomic E-state index is 0.00307. The summed E-state index contributed by atoms with van der Waals surface area (Å²) in [7, 11) is 0.626. The molecular weight excluding hydrogens is 1120 g/mol. The molecule has 4 N–H and O–H groups in total. The summed E-state index contributed by atoms with van der Waals surface area (Å²) in [6, 6.07) is 16.7. The molecule has 424 valence electrons. The molecule has 3 aliphatic carbocycles. The highest BCUT2D eigenvalue weighted by atomic mass is 35.5. The van der Waals surface area contributed by atoms with Gasteiger partial charge in [-0.05, 0) is 67.3 Å². The van der Waals surface area contributed by atoms with Crippen molar-refractivity contribution < 1.29 is 71.8 Å². The Kier molecular flexibility index (Phi) is 15.8. The van der Waals surface area contributed by atoms with E-state index in [4.69, 9.17) is 25.6 Å². The third-order valence-electron chi connectivity index (χ3n) is 16.5. The number of nitrogens with zero attached hydrogens (tertiary/aromatic N) is 5. The number of phosphoric ester groups is 1. The lowest BCUT2D eigenvalue weighted by molar-refractivity contribution is -0.141. The number of anilines is 2. The molecule has 3 fully saturated rings. The zero-order valence-electron chi connectivity index (χ0n) is 44.1. The maximum absolute atomic E-state index is 14.8. The van der Waals surface area contributed by atoms with E-state index >= 15 is 0 Å². The predicted molar refractivity (Wildman–Crippen MR) is 300 cm³/mol. The number of amides is 7. The number of nitrogens with one attached hydrogen (secondary N) is 1. The van der Waals surface area contributed by atoms with Crippen molar-refractivity contribution in [1.29, 1.82) is 0 Å². The van der Waals surface area contributed by atoms with E-state index in [0.717, 1.165) is 21.4 Å². The third-order valence-corrected chi connectivity index (χ3v) is 20.2. The Labute approximate surface area is 473 Å². The molecule has 4 aromatic rings. The number of carboxylic acids is 1. The number of carbonyl (C=O) groups is 8. The summed E-state index contributed by atoms with van der Waals surface area (Å²) in [6.07, 6.45) is 4.76. The molecule has 0 radical (unpaired) electrons. The van der Waals surface area contributed by atoms with Gasteiger partial charge in [-0.15, -0.1) is 11.6 Å². The third kappa shape index (κ3) is 10.5. The first-order valence-corrected chi connectivity index (χ1v) is 30.8. The van der Waals surface area contributed by atoms with Gasteiger partial charge in [0.25, 0.3) is 11.8 Å². The first-order valence-electron chi connectivity index (χ1n) is 26.3. The highest BCUT2D eigenvalue weighted by molar-refractivity contribution is 8.77. The summed E-state index contributed by atoms with van der Waals surface area (Å²) in [5.74, 6) is -2.32. The first kappa shape index (κ1) is 56.9. The van der Waals surface area contributed by atoms with E-state index in [0.29, 0.717) is 79.0 Å². The summed E-state index contributed by atoms with van der Waals surface area (Å²) in [5.41, 5.74) is 0.870. The number of carboxylic acid groups (broad SMARTS) is 1. The molecule has 0 bridgehead atoms. The van der Waals surface area contributed by atoms with E-state index in [1.165, 1.54) is 63.7 Å². The second kappa shape index (κ2) is 22.2. The number of rotatable bonds is 23. The fraction of sp³-hybridized carbons (Fsp3) is 0.455. The molecule has 4 aromatic carbocycles. The van der Waals surface area contributed by atoms with Crippen LogP contribution in [-0.2, 0) is 44.5 Å². The molecule has 25 heteroatoms. The number of hydrogen-bond acceptors (Lipinski definition) is 14. The van der Waals surface area contributed by atoms with Crippen molar-refractivity contribution in [3.8, 4) is 11.5 Å². The van der Waals surface area contributed by atoms with Crippen LogP contribution >= 0.6 is 41.0 Å². The lowest BCUT2D eigenvalue weighted by Crippen LogP contribution is -2.49. The Bertz CT molecular complexity index is 3330. The predicted octanol–water partition coefficient (Wildman–Crippen LogP) is 7.22. The fourth-order valence-electron chi connectivity index (χ4n) is 12.4. The van der Waals surface area contributed by atoms with E-state index in [2.05, 4.69) is 5.32 Å². The normalized spacial score (nSPS) is 22.7. The van der Waals surface area contributed by atoms with Gasteiger partial charge in [-0.2, -0.15) is 0 Å². The van der Waals surface area contributed by atoms with Crippen molar-refractivity contribution in [3.05, 3.63) is 83.9 Å². The number of alkyl halides is 1. The van der Waals surface area contributed by atoms with E-state index < -0.39 is 54.2 Å². The Morgan fingerprint density at radius 1 is 0.825 bits per heavy atom. The summed E-state index contributed by atoms with van der Waals surface area (Å²) in [5, 5.41) is 14.7. The summed E-state index contributed by atoms with van der Waals surface area (Å²) in [4.78, 5) is 131. The lowest BCUT2D eigenvalue weighted by atomic mass is 9.72. The average Bonchev–Trinajstić information content (AvgIpc) is 1.50. The first-order chi connectivity index (χ1) is 38.1. The highest BCUT2D eigenvalue weighted by Gasteiger charge is 3.01. The molecule has 6 atom stereocenters. The molecule has 1 spiro atoms. The summed E-state index contributed by atoms with van der Waals surface area (Å²) < 4.78 is 28.8.